The minimum Gasteiger partial charge on any atom is -0.383 e. The van der Waals surface area contributed by atoms with Gasteiger partial charge >= 0.3 is 0 Å². The van der Waals surface area contributed by atoms with Gasteiger partial charge in [-0.15, -0.1) is 10.2 Å². The lowest BCUT2D eigenvalue weighted by atomic mass is 10.4. The molecule has 0 aliphatic heterocycles. The van der Waals surface area contributed by atoms with Crippen LogP contribution in [-0.4, -0.2) is 42.0 Å². The van der Waals surface area contributed by atoms with Gasteiger partial charge in [-0.2, -0.15) is 0 Å². The highest BCUT2D eigenvalue weighted by Crippen LogP contribution is 2.22. The van der Waals surface area contributed by atoms with Crippen molar-refractivity contribution >= 4 is 22.9 Å². The third-order valence-corrected chi connectivity index (χ3v) is 3.64. The molecule has 2 heterocycles. The third kappa shape index (κ3) is 4.50. The van der Waals surface area contributed by atoms with E-state index < -0.39 is 0 Å². The molecule has 0 spiro atoms. The van der Waals surface area contributed by atoms with Crippen molar-refractivity contribution in [1.29, 1.82) is 0 Å². The van der Waals surface area contributed by atoms with Crippen molar-refractivity contribution < 1.29 is 4.74 Å². The van der Waals surface area contributed by atoms with Crippen LogP contribution >= 0.6 is 22.9 Å². The Bertz CT molecular complexity index is 503. The van der Waals surface area contributed by atoms with E-state index >= 15 is 0 Å². The molecule has 0 aliphatic rings. The maximum Gasteiger partial charge on any atom is 0.166 e. The lowest BCUT2D eigenvalue weighted by Crippen LogP contribution is -2.21. The molecule has 102 valence electrons. The van der Waals surface area contributed by atoms with Crippen LogP contribution in [0.3, 0.4) is 0 Å². The van der Waals surface area contributed by atoms with Gasteiger partial charge in [0.1, 0.15) is 10.7 Å². The highest BCUT2D eigenvalue weighted by atomic mass is 35.5. The van der Waals surface area contributed by atoms with E-state index in [0.717, 1.165) is 41.8 Å². The number of hydrogen-bond donors (Lipinski definition) is 1. The zero-order chi connectivity index (χ0) is 13.5. The molecule has 0 saturated carbocycles. The summed E-state index contributed by atoms with van der Waals surface area (Å²) in [6.45, 7) is 2.43. The van der Waals surface area contributed by atoms with E-state index in [1.165, 1.54) is 0 Å². The standard InChI is InChI=1S/C12H15ClN4OS/c1-18-7-6-14-5-4-11-16-17-12(19-11)10-3-2-9(13)8-15-10/h2-3,8,14H,4-7H2,1H3. The molecule has 0 aromatic carbocycles. The zero-order valence-corrected chi connectivity index (χ0v) is 12.2. The molecule has 19 heavy (non-hydrogen) atoms. The molecule has 0 amide bonds. The highest BCUT2D eigenvalue weighted by molar-refractivity contribution is 7.14. The third-order valence-electron chi connectivity index (χ3n) is 2.41. The summed E-state index contributed by atoms with van der Waals surface area (Å²) in [5, 5.41) is 14.0. The predicted octanol–water partition coefficient (Wildman–Crippen LogP) is 2.03. The van der Waals surface area contributed by atoms with Gasteiger partial charge in [0.15, 0.2) is 5.01 Å². The summed E-state index contributed by atoms with van der Waals surface area (Å²) in [5.74, 6) is 0. The number of rotatable bonds is 7. The maximum absolute atomic E-state index is 5.80. The molecular formula is C12H15ClN4OS. The second-order valence-corrected chi connectivity index (χ2v) is 5.35. The summed E-state index contributed by atoms with van der Waals surface area (Å²) >= 11 is 7.36. The number of nitrogens with one attached hydrogen (secondary N) is 1. The second kappa shape index (κ2) is 7.49. The van der Waals surface area contributed by atoms with Gasteiger partial charge in [0.2, 0.25) is 0 Å². The van der Waals surface area contributed by atoms with Gasteiger partial charge in [-0.25, -0.2) is 0 Å². The number of nitrogens with zero attached hydrogens (tertiary/aromatic N) is 3. The Labute approximate surface area is 121 Å². The van der Waals surface area contributed by atoms with E-state index in [9.17, 15) is 0 Å². The second-order valence-electron chi connectivity index (χ2n) is 3.86. The number of pyridine rings is 1. The van der Waals surface area contributed by atoms with Crippen molar-refractivity contribution in [3.8, 4) is 10.7 Å². The molecule has 0 atom stereocenters. The Morgan fingerprint density at radius 3 is 2.95 bits per heavy atom. The normalized spacial score (nSPS) is 10.8. The zero-order valence-electron chi connectivity index (χ0n) is 10.6. The molecule has 2 rings (SSSR count). The lowest BCUT2D eigenvalue weighted by Gasteiger charge is -2.00. The molecule has 0 fully saturated rings. The van der Waals surface area contributed by atoms with Crippen LogP contribution in [0.15, 0.2) is 18.3 Å². The SMILES string of the molecule is COCCNCCc1nnc(-c2ccc(Cl)cn2)s1. The van der Waals surface area contributed by atoms with Gasteiger partial charge < -0.3 is 10.1 Å². The molecule has 0 radical (unpaired) electrons. The fourth-order valence-corrected chi connectivity index (χ4v) is 2.38. The summed E-state index contributed by atoms with van der Waals surface area (Å²) in [7, 11) is 1.69. The fraction of sp³-hybridized carbons (Fsp3) is 0.417. The molecule has 7 heteroatoms. The fourth-order valence-electron chi connectivity index (χ4n) is 1.46. The van der Waals surface area contributed by atoms with Crippen molar-refractivity contribution in [2.45, 2.75) is 6.42 Å². The van der Waals surface area contributed by atoms with E-state index in [0.29, 0.717) is 5.02 Å². The van der Waals surface area contributed by atoms with E-state index in [4.69, 9.17) is 16.3 Å². The minimum absolute atomic E-state index is 0.621. The van der Waals surface area contributed by atoms with Crippen molar-refractivity contribution in [2.24, 2.45) is 0 Å². The van der Waals surface area contributed by atoms with E-state index in [1.807, 2.05) is 6.07 Å². The summed E-state index contributed by atoms with van der Waals surface area (Å²) < 4.78 is 4.96. The first-order valence-electron chi connectivity index (χ1n) is 5.93. The Kier molecular flexibility index (Phi) is 5.65. The molecule has 0 aliphatic carbocycles. The molecule has 1 N–H and O–H groups in total. The Hall–Kier alpha value is -1.08. The maximum atomic E-state index is 5.80. The van der Waals surface area contributed by atoms with Crippen molar-refractivity contribution in [2.75, 3.05) is 26.8 Å². The smallest absolute Gasteiger partial charge is 0.166 e. The van der Waals surface area contributed by atoms with E-state index in [2.05, 4.69) is 20.5 Å². The van der Waals surface area contributed by atoms with Crippen LogP contribution in [0.5, 0.6) is 0 Å². The largest absolute Gasteiger partial charge is 0.383 e. The van der Waals surface area contributed by atoms with E-state index in [-0.39, 0.29) is 0 Å². The quantitative estimate of drug-likeness (QED) is 0.793. The van der Waals surface area contributed by atoms with Gasteiger partial charge in [0.05, 0.1) is 11.6 Å². The minimum atomic E-state index is 0.621. The average Bonchev–Trinajstić information content (AvgIpc) is 2.88. The molecule has 5 nitrogen and oxygen atoms in total. The summed E-state index contributed by atoms with van der Waals surface area (Å²) in [5.41, 5.74) is 0.806. The van der Waals surface area contributed by atoms with E-state index in [1.54, 1.807) is 30.7 Å². The number of ether oxygens (including phenoxy) is 1. The van der Waals surface area contributed by atoms with Crippen LogP contribution in [-0.2, 0) is 11.2 Å². The monoisotopic (exact) mass is 298 g/mol. The van der Waals surface area contributed by atoms with Gasteiger partial charge in [-0.3, -0.25) is 4.98 Å². The first kappa shape index (κ1) is 14.3. The van der Waals surface area contributed by atoms with Crippen LogP contribution in [0.4, 0.5) is 0 Å². The first-order valence-corrected chi connectivity index (χ1v) is 7.13. The summed E-state index contributed by atoms with van der Waals surface area (Å²) in [4.78, 5) is 4.23. The highest BCUT2D eigenvalue weighted by Gasteiger charge is 2.07. The Morgan fingerprint density at radius 1 is 1.32 bits per heavy atom. The van der Waals surface area contributed by atoms with Gasteiger partial charge in [-0.05, 0) is 12.1 Å². The van der Waals surface area contributed by atoms with Crippen molar-refractivity contribution in [1.82, 2.24) is 20.5 Å². The number of aromatic nitrogens is 3. The first-order chi connectivity index (χ1) is 9.29. The predicted molar refractivity (Wildman–Crippen MR) is 76.6 cm³/mol. The van der Waals surface area contributed by atoms with Crippen LogP contribution in [0.2, 0.25) is 5.02 Å². The molecular weight excluding hydrogens is 284 g/mol. The van der Waals surface area contributed by atoms with Crippen molar-refractivity contribution in [3.05, 3.63) is 28.4 Å². The van der Waals surface area contributed by atoms with Crippen LogP contribution in [0.25, 0.3) is 10.7 Å². The molecule has 2 aromatic heterocycles. The average molecular weight is 299 g/mol. The molecule has 0 bridgehead atoms. The van der Waals surface area contributed by atoms with Crippen LogP contribution in [0, 0.1) is 0 Å². The number of methoxy groups -OCH3 is 1. The topological polar surface area (TPSA) is 59.9 Å². The summed E-state index contributed by atoms with van der Waals surface area (Å²) in [6.07, 6.45) is 2.47. The number of halogens is 1. The lowest BCUT2D eigenvalue weighted by molar-refractivity contribution is 0.199. The van der Waals surface area contributed by atoms with Gasteiger partial charge in [0.25, 0.3) is 0 Å². The number of hydrogen-bond acceptors (Lipinski definition) is 6. The van der Waals surface area contributed by atoms with Crippen LogP contribution < -0.4 is 5.32 Å². The van der Waals surface area contributed by atoms with Crippen molar-refractivity contribution in [3.63, 3.8) is 0 Å². The molecule has 0 unspecified atom stereocenters. The van der Waals surface area contributed by atoms with Crippen LogP contribution in [0.1, 0.15) is 5.01 Å². The molecule has 2 aromatic rings. The van der Waals surface area contributed by atoms with Gasteiger partial charge in [-0.1, -0.05) is 22.9 Å². The van der Waals surface area contributed by atoms with Gasteiger partial charge in [0, 0.05) is 32.8 Å². The Morgan fingerprint density at radius 2 is 2.21 bits per heavy atom. The summed E-state index contributed by atoms with van der Waals surface area (Å²) in [6, 6.07) is 3.65. The molecule has 0 saturated heterocycles. The Balaban J connectivity index is 1.86.